The minimum Gasteiger partial charge on any atom is -0.349 e. The van der Waals surface area contributed by atoms with Crippen LogP contribution in [0.3, 0.4) is 0 Å². The second-order valence-corrected chi connectivity index (χ2v) is 5.99. The van der Waals surface area contributed by atoms with E-state index >= 15 is 0 Å². The van der Waals surface area contributed by atoms with Crippen LogP contribution in [0, 0.1) is 11.7 Å². The van der Waals surface area contributed by atoms with Crippen molar-refractivity contribution < 1.29 is 22.4 Å². The van der Waals surface area contributed by atoms with Crippen LogP contribution in [-0.2, 0) is 0 Å². The van der Waals surface area contributed by atoms with E-state index in [2.05, 4.69) is 21.2 Å². The monoisotopic (exact) mass is 367 g/mol. The summed E-state index contributed by atoms with van der Waals surface area (Å²) < 4.78 is 52.1. The predicted molar refractivity (Wildman–Crippen MR) is 73.4 cm³/mol. The highest BCUT2D eigenvalue weighted by Crippen LogP contribution is 2.37. The average molecular weight is 368 g/mol. The van der Waals surface area contributed by atoms with Crippen molar-refractivity contribution in [2.75, 3.05) is 0 Å². The van der Waals surface area contributed by atoms with Crippen molar-refractivity contribution >= 4 is 21.8 Å². The van der Waals surface area contributed by atoms with Crippen molar-refractivity contribution in [3.63, 3.8) is 0 Å². The zero-order chi connectivity index (χ0) is 15.6. The van der Waals surface area contributed by atoms with E-state index in [1.54, 1.807) is 0 Å². The number of carbonyl (C=O) groups is 1. The maximum Gasteiger partial charge on any atom is 0.393 e. The molecule has 21 heavy (non-hydrogen) atoms. The summed E-state index contributed by atoms with van der Waals surface area (Å²) in [4.78, 5) is 12.1. The molecule has 0 heterocycles. The van der Waals surface area contributed by atoms with Gasteiger partial charge in [0.05, 0.1) is 11.5 Å². The fraction of sp³-hybridized carbons (Fsp3) is 0.500. The molecule has 2 nitrogen and oxygen atoms in total. The molecule has 0 bridgehead atoms. The van der Waals surface area contributed by atoms with Crippen LogP contribution in [0.4, 0.5) is 17.6 Å². The number of halogens is 5. The fourth-order valence-electron chi connectivity index (χ4n) is 2.62. The topological polar surface area (TPSA) is 29.1 Å². The molecule has 2 atom stereocenters. The molecule has 1 saturated carbocycles. The second-order valence-electron chi connectivity index (χ2n) is 5.14. The minimum atomic E-state index is -4.32. The summed E-state index contributed by atoms with van der Waals surface area (Å²) in [7, 11) is 0. The van der Waals surface area contributed by atoms with Gasteiger partial charge in [-0.25, -0.2) is 4.39 Å². The van der Waals surface area contributed by atoms with Crippen LogP contribution in [0.1, 0.15) is 36.0 Å². The Morgan fingerprint density at radius 2 is 1.90 bits per heavy atom. The van der Waals surface area contributed by atoms with Gasteiger partial charge < -0.3 is 5.32 Å². The quantitative estimate of drug-likeness (QED) is 0.769. The third kappa shape index (κ3) is 3.96. The SMILES string of the molecule is O=C(N[C@@H]1CCCC[C@H]1C(F)(F)F)c1ccc(F)cc1Br. The molecule has 1 aromatic rings. The molecule has 1 aliphatic rings. The molecule has 0 saturated heterocycles. The average Bonchev–Trinajstić information content (AvgIpc) is 2.37. The number of hydrogen-bond acceptors (Lipinski definition) is 1. The van der Waals surface area contributed by atoms with Crippen molar-refractivity contribution in [1.82, 2.24) is 5.32 Å². The van der Waals surface area contributed by atoms with E-state index in [0.29, 0.717) is 19.3 Å². The summed E-state index contributed by atoms with van der Waals surface area (Å²) in [6.45, 7) is 0. The summed E-state index contributed by atoms with van der Waals surface area (Å²) in [5.74, 6) is -2.67. The summed E-state index contributed by atoms with van der Waals surface area (Å²) in [5, 5.41) is 2.44. The molecular formula is C14H14BrF4NO. The first kappa shape index (κ1) is 16.3. The van der Waals surface area contributed by atoms with Crippen molar-refractivity contribution in [3.8, 4) is 0 Å². The molecule has 116 valence electrons. The molecule has 1 aromatic carbocycles. The molecule has 0 spiro atoms. The van der Waals surface area contributed by atoms with Crippen LogP contribution in [0.2, 0.25) is 0 Å². The zero-order valence-corrected chi connectivity index (χ0v) is 12.6. The van der Waals surface area contributed by atoms with E-state index in [0.717, 1.165) is 12.1 Å². The van der Waals surface area contributed by atoms with Gasteiger partial charge in [0.15, 0.2) is 0 Å². The Labute approximate surface area is 128 Å². The van der Waals surface area contributed by atoms with Crippen LogP contribution in [0.5, 0.6) is 0 Å². The van der Waals surface area contributed by atoms with Gasteiger partial charge in [0.2, 0.25) is 0 Å². The summed E-state index contributed by atoms with van der Waals surface area (Å²) in [5.41, 5.74) is 0.128. The van der Waals surface area contributed by atoms with E-state index in [-0.39, 0.29) is 16.5 Å². The van der Waals surface area contributed by atoms with Gasteiger partial charge in [-0.2, -0.15) is 13.2 Å². The van der Waals surface area contributed by atoms with Crippen LogP contribution in [0.25, 0.3) is 0 Å². The maximum absolute atomic E-state index is 13.0. The predicted octanol–water partition coefficient (Wildman–Crippen LogP) is 4.44. The van der Waals surface area contributed by atoms with Crippen molar-refractivity contribution in [3.05, 3.63) is 34.1 Å². The summed E-state index contributed by atoms with van der Waals surface area (Å²) in [6, 6.07) is 2.53. The third-order valence-electron chi connectivity index (χ3n) is 3.68. The van der Waals surface area contributed by atoms with Crippen LogP contribution < -0.4 is 5.32 Å². The van der Waals surface area contributed by atoms with Gasteiger partial charge in [0, 0.05) is 10.5 Å². The number of alkyl halides is 3. The molecule has 2 rings (SSSR count). The normalized spacial score (nSPS) is 22.9. The molecule has 0 unspecified atom stereocenters. The lowest BCUT2D eigenvalue weighted by Gasteiger charge is -2.33. The number of nitrogens with one attached hydrogen (secondary N) is 1. The first-order chi connectivity index (χ1) is 9.79. The number of rotatable bonds is 2. The standard InChI is InChI=1S/C14H14BrF4NO/c15-11-7-8(16)5-6-9(11)13(21)20-12-4-2-1-3-10(12)14(17,18)19/h5-7,10,12H,1-4H2,(H,20,21)/t10-,12-/m1/s1. The van der Waals surface area contributed by atoms with E-state index < -0.39 is 29.9 Å². The number of benzene rings is 1. The summed E-state index contributed by atoms with van der Waals surface area (Å²) >= 11 is 3.04. The Morgan fingerprint density at radius 1 is 1.24 bits per heavy atom. The van der Waals surface area contributed by atoms with E-state index in [1.807, 2.05) is 0 Å². The van der Waals surface area contributed by atoms with Gasteiger partial charge in [-0.05, 0) is 47.0 Å². The van der Waals surface area contributed by atoms with Gasteiger partial charge in [-0.15, -0.1) is 0 Å². The molecular weight excluding hydrogens is 354 g/mol. The molecule has 1 fully saturated rings. The molecule has 0 aromatic heterocycles. The third-order valence-corrected chi connectivity index (χ3v) is 4.33. The lowest BCUT2D eigenvalue weighted by atomic mass is 9.84. The second kappa shape index (κ2) is 6.34. The van der Waals surface area contributed by atoms with Crippen molar-refractivity contribution in [1.29, 1.82) is 0 Å². The molecule has 7 heteroatoms. The first-order valence-corrected chi connectivity index (χ1v) is 7.41. The van der Waals surface area contributed by atoms with E-state index in [4.69, 9.17) is 0 Å². The van der Waals surface area contributed by atoms with Crippen molar-refractivity contribution in [2.45, 2.75) is 37.9 Å². The highest BCUT2D eigenvalue weighted by Gasteiger charge is 2.46. The van der Waals surface area contributed by atoms with Gasteiger partial charge >= 0.3 is 6.18 Å². The Balaban J connectivity index is 2.13. The molecule has 0 aliphatic heterocycles. The smallest absolute Gasteiger partial charge is 0.349 e. The lowest BCUT2D eigenvalue weighted by Crippen LogP contribution is -2.47. The number of hydrogen-bond donors (Lipinski definition) is 1. The number of carbonyl (C=O) groups excluding carboxylic acids is 1. The molecule has 1 aliphatic carbocycles. The Bertz CT molecular complexity index is 532. The summed E-state index contributed by atoms with van der Waals surface area (Å²) in [6.07, 6.45) is -2.83. The zero-order valence-electron chi connectivity index (χ0n) is 11.0. The fourth-order valence-corrected chi connectivity index (χ4v) is 3.15. The van der Waals surface area contributed by atoms with Crippen LogP contribution >= 0.6 is 15.9 Å². The highest BCUT2D eigenvalue weighted by molar-refractivity contribution is 9.10. The Kier molecular flexibility index (Phi) is 4.91. The highest BCUT2D eigenvalue weighted by atomic mass is 79.9. The molecule has 1 N–H and O–H groups in total. The van der Waals surface area contributed by atoms with E-state index in [9.17, 15) is 22.4 Å². The van der Waals surface area contributed by atoms with Crippen LogP contribution in [-0.4, -0.2) is 18.1 Å². The van der Waals surface area contributed by atoms with Gasteiger partial charge in [0.25, 0.3) is 5.91 Å². The lowest BCUT2D eigenvalue weighted by molar-refractivity contribution is -0.187. The van der Waals surface area contributed by atoms with Crippen molar-refractivity contribution in [2.24, 2.45) is 5.92 Å². The maximum atomic E-state index is 13.0. The largest absolute Gasteiger partial charge is 0.393 e. The van der Waals surface area contributed by atoms with Gasteiger partial charge in [0.1, 0.15) is 5.82 Å². The van der Waals surface area contributed by atoms with Crippen LogP contribution in [0.15, 0.2) is 22.7 Å². The number of amides is 1. The minimum absolute atomic E-state index is 0.0268. The first-order valence-electron chi connectivity index (χ1n) is 6.61. The molecule has 0 radical (unpaired) electrons. The van der Waals surface area contributed by atoms with E-state index in [1.165, 1.54) is 6.07 Å². The van der Waals surface area contributed by atoms with Gasteiger partial charge in [-0.3, -0.25) is 4.79 Å². The Morgan fingerprint density at radius 3 is 2.52 bits per heavy atom. The van der Waals surface area contributed by atoms with Gasteiger partial charge in [-0.1, -0.05) is 12.8 Å². The molecule has 1 amide bonds. The Hall–Kier alpha value is -1.11.